The Kier molecular flexibility index (Phi) is 3.72. The van der Waals surface area contributed by atoms with Gasteiger partial charge in [-0.15, -0.1) is 0 Å². The van der Waals surface area contributed by atoms with E-state index in [1.165, 1.54) is 0 Å². The SMILES string of the molecule is CCC(C)C(C)N1C(=O)CNC(=O)C1C. The minimum Gasteiger partial charge on any atom is -0.345 e. The first-order chi connectivity index (χ1) is 6.99. The normalized spacial score (nSPS) is 26.1. The Morgan fingerprint density at radius 2 is 2.07 bits per heavy atom. The summed E-state index contributed by atoms with van der Waals surface area (Å²) >= 11 is 0. The van der Waals surface area contributed by atoms with Crippen LogP contribution in [0.3, 0.4) is 0 Å². The number of hydrogen-bond donors (Lipinski definition) is 1. The molecule has 3 atom stereocenters. The average molecular weight is 212 g/mol. The zero-order valence-corrected chi connectivity index (χ0v) is 9.91. The van der Waals surface area contributed by atoms with Crippen LogP contribution in [0.25, 0.3) is 0 Å². The van der Waals surface area contributed by atoms with E-state index in [9.17, 15) is 9.59 Å². The number of carbonyl (C=O) groups is 2. The van der Waals surface area contributed by atoms with Gasteiger partial charge in [-0.3, -0.25) is 9.59 Å². The van der Waals surface area contributed by atoms with E-state index >= 15 is 0 Å². The van der Waals surface area contributed by atoms with E-state index in [4.69, 9.17) is 0 Å². The van der Waals surface area contributed by atoms with E-state index < -0.39 is 0 Å². The molecule has 1 aliphatic heterocycles. The number of carbonyl (C=O) groups excluding carboxylic acids is 2. The topological polar surface area (TPSA) is 49.4 Å². The molecule has 3 unspecified atom stereocenters. The molecule has 0 aromatic carbocycles. The fourth-order valence-electron chi connectivity index (χ4n) is 1.94. The smallest absolute Gasteiger partial charge is 0.242 e. The van der Waals surface area contributed by atoms with Crippen LogP contribution < -0.4 is 5.32 Å². The summed E-state index contributed by atoms with van der Waals surface area (Å²) in [5.41, 5.74) is 0. The summed E-state index contributed by atoms with van der Waals surface area (Å²) in [7, 11) is 0. The lowest BCUT2D eigenvalue weighted by molar-refractivity contribution is -0.148. The summed E-state index contributed by atoms with van der Waals surface area (Å²) in [6.45, 7) is 8.15. The van der Waals surface area contributed by atoms with Gasteiger partial charge in [-0.25, -0.2) is 0 Å². The second-order valence-corrected chi connectivity index (χ2v) is 4.32. The van der Waals surface area contributed by atoms with E-state index in [0.717, 1.165) is 6.42 Å². The molecule has 1 N–H and O–H groups in total. The Morgan fingerprint density at radius 3 is 2.60 bits per heavy atom. The van der Waals surface area contributed by atoms with E-state index in [1.807, 2.05) is 6.92 Å². The van der Waals surface area contributed by atoms with Crippen molar-refractivity contribution < 1.29 is 9.59 Å². The summed E-state index contributed by atoms with van der Waals surface area (Å²) in [5, 5.41) is 2.59. The van der Waals surface area contributed by atoms with E-state index in [1.54, 1.807) is 11.8 Å². The van der Waals surface area contributed by atoms with Crippen molar-refractivity contribution in [2.45, 2.75) is 46.2 Å². The van der Waals surface area contributed by atoms with Crippen molar-refractivity contribution in [1.82, 2.24) is 10.2 Å². The zero-order chi connectivity index (χ0) is 11.6. The maximum Gasteiger partial charge on any atom is 0.242 e. The lowest BCUT2D eigenvalue weighted by atomic mass is 9.97. The Balaban J connectivity index is 2.80. The minimum absolute atomic E-state index is 0.0231. The zero-order valence-electron chi connectivity index (χ0n) is 9.91. The maximum absolute atomic E-state index is 11.7. The van der Waals surface area contributed by atoms with Gasteiger partial charge >= 0.3 is 0 Å². The molecule has 0 bridgehead atoms. The third-order valence-corrected chi connectivity index (χ3v) is 3.40. The Labute approximate surface area is 91.0 Å². The first-order valence-electron chi connectivity index (χ1n) is 5.57. The number of nitrogens with zero attached hydrogens (tertiary/aromatic N) is 1. The van der Waals surface area contributed by atoms with Crippen LogP contribution >= 0.6 is 0 Å². The molecule has 2 amide bonds. The van der Waals surface area contributed by atoms with Crippen LogP contribution in [0.1, 0.15) is 34.1 Å². The molecule has 0 radical (unpaired) electrons. The summed E-state index contributed by atoms with van der Waals surface area (Å²) in [5.74, 6) is 0.391. The molecule has 1 rings (SSSR count). The van der Waals surface area contributed by atoms with E-state index in [0.29, 0.717) is 5.92 Å². The molecule has 0 aromatic heterocycles. The highest BCUT2D eigenvalue weighted by Gasteiger charge is 2.35. The Morgan fingerprint density at radius 1 is 1.47 bits per heavy atom. The Bertz CT molecular complexity index is 265. The molecule has 1 saturated heterocycles. The van der Waals surface area contributed by atoms with Gasteiger partial charge in [-0.05, 0) is 19.8 Å². The van der Waals surface area contributed by atoms with Gasteiger partial charge in [0.1, 0.15) is 6.04 Å². The number of amides is 2. The third kappa shape index (κ3) is 2.30. The molecule has 4 nitrogen and oxygen atoms in total. The third-order valence-electron chi connectivity index (χ3n) is 3.40. The van der Waals surface area contributed by atoms with Crippen LogP contribution in [0.2, 0.25) is 0 Å². The Hall–Kier alpha value is -1.06. The summed E-state index contributed by atoms with van der Waals surface area (Å²) in [6.07, 6.45) is 1.01. The molecule has 0 spiro atoms. The fraction of sp³-hybridized carbons (Fsp3) is 0.818. The molecule has 0 aromatic rings. The fourth-order valence-corrected chi connectivity index (χ4v) is 1.94. The van der Waals surface area contributed by atoms with Crippen LogP contribution in [-0.4, -0.2) is 35.3 Å². The van der Waals surface area contributed by atoms with Gasteiger partial charge in [0.25, 0.3) is 0 Å². The largest absolute Gasteiger partial charge is 0.345 e. The monoisotopic (exact) mass is 212 g/mol. The molecular formula is C11H20N2O2. The number of piperazine rings is 1. The average Bonchev–Trinajstić information content (AvgIpc) is 2.22. The predicted molar refractivity (Wildman–Crippen MR) is 58.2 cm³/mol. The van der Waals surface area contributed by atoms with Crippen molar-refractivity contribution in [3.05, 3.63) is 0 Å². The summed E-state index contributed by atoms with van der Waals surface area (Å²) in [4.78, 5) is 24.9. The molecule has 1 fully saturated rings. The maximum atomic E-state index is 11.7. The molecule has 15 heavy (non-hydrogen) atoms. The van der Waals surface area contributed by atoms with Gasteiger partial charge in [0.05, 0.1) is 6.54 Å². The second kappa shape index (κ2) is 4.64. The highest BCUT2D eigenvalue weighted by atomic mass is 16.2. The van der Waals surface area contributed by atoms with Gasteiger partial charge in [-0.2, -0.15) is 0 Å². The van der Waals surface area contributed by atoms with Crippen LogP contribution in [0.4, 0.5) is 0 Å². The van der Waals surface area contributed by atoms with Crippen molar-refractivity contribution in [2.75, 3.05) is 6.54 Å². The second-order valence-electron chi connectivity index (χ2n) is 4.32. The van der Waals surface area contributed by atoms with Crippen molar-refractivity contribution in [3.8, 4) is 0 Å². The lowest BCUT2D eigenvalue weighted by Gasteiger charge is -2.39. The molecule has 1 heterocycles. The standard InChI is InChI=1S/C11H20N2O2/c1-5-7(2)8(3)13-9(4)11(15)12-6-10(13)14/h7-9H,5-6H2,1-4H3,(H,12,15). The molecular weight excluding hydrogens is 192 g/mol. The number of hydrogen-bond acceptors (Lipinski definition) is 2. The van der Waals surface area contributed by atoms with Crippen molar-refractivity contribution in [2.24, 2.45) is 5.92 Å². The van der Waals surface area contributed by atoms with Gasteiger partial charge in [0, 0.05) is 6.04 Å². The number of rotatable bonds is 3. The van der Waals surface area contributed by atoms with Crippen LogP contribution in [0.5, 0.6) is 0 Å². The molecule has 0 saturated carbocycles. The van der Waals surface area contributed by atoms with Crippen molar-refractivity contribution in [3.63, 3.8) is 0 Å². The van der Waals surface area contributed by atoms with Crippen LogP contribution in [0, 0.1) is 5.92 Å². The van der Waals surface area contributed by atoms with Crippen LogP contribution in [-0.2, 0) is 9.59 Å². The molecule has 4 heteroatoms. The van der Waals surface area contributed by atoms with Crippen molar-refractivity contribution in [1.29, 1.82) is 0 Å². The highest BCUT2D eigenvalue weighted by molar-refractivity contribution is 5.94. The minimum atomic E-state index is -0.338. The molecule has 1 aliphatic rings. The van der Waals surface area contributed by atoms with Crippen LogP contribution in [0.15, 0.2) is 0 Å². The molecule has 86 valence electrons. The van der Waals surface area contributed by atoms with Gasteiger partial charge < -0.3 is 10.2 Å². The lowest BCUT2D eigenvalue weighted by Crippen LogP contribution is -2.60. The molecule has 0 aliphatic carbocycles. The van der Waals surface area contributed by atoms with E-state index in [-0.39, 0.29) is 30.4 Å². The van der Waals surface area contributed by atoms with E-state index in [2.05, 4.69) is 19.2 Å². The first-order valence-corrected chi connectivity index (χ1v) is 5.57. The summed E-state index contributed by atoms with van der Waals surface area (Å²) < 4.78 is 0. The first kappa shape index (κ1) is 12.0. The van der Waals surface area contributed by atoms with Gasteiger partial charge in [-0.1, -0.05) is 20.3 Å². The van der Waals surface area contributed by atoms with Gasteiger partial charge in [0.15, 0.2) is 0 Å². The van der Waals surface area contributed by atoms with Crippen molar-refractivity contribution >= 4 is 11.8 Å². The number of nitrogens with one attached hydrogen (secondary N) is 1. The summed E-state index contributed by atoms with van der Waals surface area (Å²) in [6, 6.07) is -0.209. The highest BCUT2D eigenvalue weighted by Crippen LogP contribution is 2.18. The predicted octanol–water partition coefficient (Wildman–Crippen LogP) is 0.768. The quantitative estimate of drug-likeness (QED) is 0.751. The van der Waals surface area contributed by atoms with Gasteiger partial charge in [0.2, 0.25) is 11.8 Å².